The van der Waals surface area contributed by atoms with Gasteiger partial charge in [-0.25, -0.2) is 0 Å². The van der Waals surface area contributed by atoms with Gasteiger partial charge >= 0.3 is 0 Å². The van der Waals surface area contributed by atoms with E-state index >= 15 is 0 Å². The van der Waals surface area contributed by atoms with Crippen molar-refractivity contribution >= 4 is 28.9 Å². The van der Waals surface area contributed by atoms with Gasteiger partial charge in [0.2, 0.25) is 5.91 Å². The van der Waals surface area contributed by atoms with Crippen molar-refractivity contribution in [2.75, 3.05) is 11.2 Å². The fraction of sp³-hybridized carbons (Fsp3) is 0.125. The average Bonchev–Trinajstić information content (AvgIpc) is 2.02. The summed E-state index contributed by atoms with van der Waals surface area (Å²) in [7, 11) is 0. The van der Waals surface area contributed by atoms with Gasteiger partial charge in [0.15, 0.2) is 0 Å². The highest BCUT2D eigenvalue weighted by Crippen LogP contribution is 2.21. The Kier molecular flexibility index (Phi) is 2.97. The first-order valence-corrected chi connectivity index (χ1v) is 4.05. The van der Waals surface area contributed by atoms with E-state index in [-0.39, 0.29) is 5.91 Å². The number of carbonyl (C=O) groups is 1. The molecule has 0 bridgehead atoms. The summed E-state index contributed by atoms with van der Waals surface area (Å²) in [6.07, 6.45) is 0. The van der Waals surface area contributed by atoms with Gasteiger partial charge < -0.3 is 5.73 Å². The smallest absolute Gasteiger partial charge is 0.235 e. The van der Waals surface area contributed by atoms with Crippen molar-refractivity contribution in [3.05, 3.63) is 23.2 Å². The quantitative estimate of drug-likeness (QED) is 0.498. The van der Waals surface area contributed by atoms with Crippen LogP contribution in [0.4, 0.5) is 11.4 Å². The summed E-state index contributed by atoms with van der Waals surface area (Å²) >= 11 is 5.68. The molecule has 70 valence electrons. The zero-order valence-electron chi connectivity index (χ0n) is 7.10. The summed E-state index contributed by atoms with van der Waals surface area (Å²) in [6.45, 7) is 1.40. The Hall–Kier alpha value is -1.42. The molecular weight excluding hydrogens is 190 g/mol. The fourth-order valence-electron chi connectivity index (χ4n) is 0.803. The van der Waals surface area contributed by atoms with Crippen LogP contribution in [0.1, 0.15) is 6.92 Å². The number of nitrogens with one attached hydrogen (secondary N) is 2. The second-order valence-electron chi connectivity index (χ2n) is 2.54. The fourth-order valence-corrected chi connectivity index (χ4v) is 0.983. The second kappa shape index (κ2) is 4.00. The number of hydrogen-bond donors (Lipinski definition) is 3. The van der Waals surface area contributed by atoms with Crippen molar-refractivity contribution in [1.82, 2.24) is 5.43 Å². The van der Waals surface area contributed by atoms with Crippen LogP contribution >= 0.6 is 11.6 Å². The molecule has 4 nitrogen and oxygen atoms in total. The molecule has 0 aliphatic heterocycles. The van der Waals surface area contributed by atoms with E-state index in [1.807, 2.05) is 0 Å². The van der Waals surface area contributed by atoms with Gasteiger partial charge in [-0.3, -0.25) is 15.6 Å². The van der Waals surface area contributed by atoms with Gasteiger partial charge in [-0.15, -0.1) is 0 Å². The molecule has 0 spiro atoms. The largest absolute Gasteiger partial charge is 0.397 e. The van der Waals surface area contributed by atoms with Gasteiger partial charge in [-0.05, 0) is 18.2 Å². The number of rotatable bonds is 2. The molecule has 0 aliphatic rings. The van der Waals surface area contributed by atoms with Gasteiger partial charge in [0, 0.05) is 11.9 Å². The van der Waals surface area contributed by atoms with Gasteiger partial charge in [0.25, 0.3) is 0 Å². The van der Waals surface area contributed by atoms with Crippen LogP contribution in [0.5, 0.6) is 0 Å². The maximum absolute atomic E-state index is 10.6. The Morgan fingerprint density at radius 1 is 1.54 bits per heavy atom. The molecule has 0 saturated carbocycles. The van der Waals surface area contributed by atoms with Crippen molar-refractivity contribution in [2.45, 2.75) is 6.92 Å². The summed E-state index contributed by atoms with van der Waals surface area (Å²) in [4.78, 5) is 10.6. The first kappa shape index (κ1) is 9.67. The lowest BCUT2D eigenvalue weighted by Gasteiger charge is -2.08. The number of hydrogen-bond acceptors (Lipinski definition) is 3. The lowest BCUT2D eigenvalue weighted by molar-refractivity contribution is -0.118. The molecule has 13 heavy (non-hydrogen) atoms. The molecule has 0 radical (unpaired) electrons. The number of nitrogen functional groups attached to an aromatic ring is 1. The molecule has 0 aliphatic carbocycles. The molecule has 1 rings (SSSR count). The maximum Gasteiger partial charge on any atom is 0.235 e. The minimum Gasteiger partial charge on any atom is -0.397 e. The average molecular weight is 200 g/mol. The Balaban J connectivity index is 2.72. The van der Waals surface area contributed by atoms with Crippen LogP contribution in [0.2, 0.25) is 5.02 Å². The molecule has 1 amide bonds. The number of nitrogens with two attached hydrogens (primary N) is 1. The molecule has 1 aromatic carbocycles. The molecule has 5 heteroatoms. The summed E-state index contributed by atoms with van der Waals surface area (Å²) in [5.74, 6) is -0.186. The van der Waals surface area contributed by atoms with E-state index in [0.717, 1.165) is 0 Å². The zero-order valence-corrected chi connectivity index (χ0v) is 7.85. The Morgan fingerprint density at radius 3 is 2.77 bits per heavy atom. The SMILES string of the molecule is CC(=O)NNc1ccc(Cl)cc1N. The number of anilines is 2. The molecule has 4 N–H and O–H groups in total. The first-order chi connectivity index (χ1) is 6.09. The van der Waals surface area contributed by atoms with Crippen molar-refractivity contribution < 1.29 is 4.79 Å². The van der Waals surface area contributed by atoms with Crippen molar-refractivity contribution in [1.29, 1.82) is 0 Å². The van der Waals surface area contributed by atoms with Gasteiger partial charge in [0.05, 0.1) is 11.4 Å². The predicted octanol–water partition coefficient (Wildman–Crippen LogP) is 1.39. The molecule has 1 aromatic rings. The van der Waals surface area contributed by atoms with E-state index in [2.05, 4.69) is 10.9 Å². The topological polar surface area (TPSA) is 67.2 Å². The van der Waals surface area contributed by atoms with Gasteiger partial charge in [-0.1, -0.05) is 11.6 Å². The monoisotopic (exact) mass is 199 g/mol. The molecule has 0 atom stereocenters. The van der Waals surface area contributed by atoms with Crippen LogP contribution in [0, 0.1) is 0 Å². The van der Waals surface area contributed by atoms with E-state index in [1.165, 1.54) is 6.92 Å². The highest BCUT2D eigenvalue weighted by Gasteiger charge is 1.98. The maximum atomic E-state index is 10.6. The highest BCUT2D eigenvalue weighted by molar-refractivity contribution is 6.31. The summed E-state index contributed by atoms with van der Waals surface area (Å²) in [6, 6.07) is 4.97. The van der Waals surface area contributed by atoms with Crippen molar-refractivity contribution in [3.8, 4) is 0 Å². The number of amides is 1. The third-order valence-electron chi connectivity index (χ3n) is 1.39. The van der Waals surface area contributed by atoms with E-state index in [1.54, 1.807) is 18.2 Å². The lowest BCUT2D eigenvalue weighted by atomic mass is 10.3. The van der Waals surface area contributed by atoms with Crippen LogP contribution in [0.25, 0.3) is 0 Å². The Labute approximate surface area is 81.0 Å². The van der Waals surface area contributed by atoms with Crippen LogP contribution < -0.4 is 16.6 Å². The molecule has 0 aromatic heterocycles. The number of halogens is 1. The first-order valence-electron chi connectivity index (χ1n) is 3.67. The van der Waals surface area contributed by atoms with Crippen molar-refractivity contribution in [2.24, 2.45) is 0 Å². The molecule has 0 unspecified atom stereocenters. The van der Waals surface area contributed by atoms with Gasteiger partial charge in [0.1, 0.15) is 0 Å². The highest BCUT2D eigenvalue weighted by atomic mass is 35.5. The third-order valence-corrected chi connectivity index (χ3v) is 1.62. The predicted molar refractivity (Wildman–Crippen MR) is 53.3 cm³/mol. The molecular formula is C8H10ClN3O. The third kappa shape index (κ3) is 2.83. The van der Waals surface area contributed by atoms with E-state index in [4.69, 9.17) is 17.3 Å². The van der Waals surface area contributed by atoms with Crippen LogP contribution in [0.3, 0.4) is 0 Å². The summed E-state index contributed by atoms with van der Waals surface area (Å²) in [5, 5.41) is 0.561. The summed E-state index contributed by atoms with van der Waals surface area (Å²) < 4.78 is 0. The van der Waals surface area contributed by atoms with Gasteiger partial charge in [-0.2, -0.15) is 0 Å². The van der Waals surface area contributed by atoms with Crippen LogP contribution in [0.15, 0.2) is 18.2 Å². The lowest BCUT2D eigenvalue weighted by Crippen LogP contribution is -2.26. The molecule has 0 fully saturated rings. The second-order valence-corrected chi connectivity index (χ2v) is 2.97. The number of hydrazine groups is 1. The number of carbonyl (C=O) groups excluding carboxylic acids is 1. The number of benzene rings is 1. The molecule has 0 saturated heterocycles. The minimum absolute atomic E-state index is 0.186. The normalized spacial score (nSPS) is 9.38. The van der Waals surface area contributed by atoms with E-state index < -0.39 is 0 Å². The van der Waals surface area contributed by atoms with Crippen molar-refractivity contribution in [3.63, 3.8) is 0 Å². The standard InChI is InChI=1S/C8H10ClN3O/c1-5(13)11-12-8-3-2-6(9)4-7(8)10/h2-4,12H,10H2,1H3,(H,11,13). The van der Waals surface area contributed by atoms with Crippen LogP contribution in [-0.2, 0) is 4.79 Å². The Morgan fingerprint density at radius 2 is 2.23 bits per heavy atom. The Bertz CT molecular complexity index is 327. The minimum atomic E-state index is -0.186. The zero-order chi connectivity index (χ0) is 9.84. The van der Waals surface area contributed by atoms with E-state index in [0.29, 0.717) is 16.4 Å². The molecule has 0 heterocycles. The van der Waals surface area contributed by atoms with Crippen LogP contribution in [-0.4, -0.2) is 5.91 Å². The summed E-state index contributed by atoms with van der Waals surface area (Å²) in [5.41, 5.74) is 11.8. The van der Waals surface area contributed by atoms with E-state index in [9.17, 15) is 4.79 Å².